The van der Waals surface area contributed by atoms with Crippen molar-refractivity contribution in [1.82, 2.24) is 14.2 Å². The van der Waals surface area contributed by atoms with Crippen LogP contribution in [0.3, 0.4) is 0 Å². The maximum atomic E-state index is 14.3. The van der Waals surface area contributed by atoms with Crippen LogP contribution in [0.15, 0.2) is 23.0 Å². The Morgan fingerprint density at radius 3 is 2.59 bits per heavy atom. The van der Waals surface area contributed by atoms with Crippen molar-refractivity contribution < 1.29 is 9.13 Å². The van der Waals surface area contributed by atoms with Crippen molar-refractivity contribution in [1.29, 1.82) is 0 Å². The zero-order valence-electron chi connectivity index (χ0n) is 16.1. The number of methoxy groups -OCH3 is 1. The minimum absolute atomic E-state index is 0.0476. The van der Waals surface area contributed by atoms with Gasteiger partial charge in [0.15, 0.2) is 17.4 Å². The fourth-order valence-corrected chi connectivity index (χ4v) is 3.55. The molecule has 7 heteroatoms. The maximum Gasteiger partial charge on any atom is 0.278 e. The lowest BCUT2D eigenvalue weighted by atomic mass is 10.00. The van der Waals surface area contributed by atoms with Gasteiger partial charge in [0.1, 0.15) is 5.52 Å². The number of rotatable bonds is 5. The molecule has 0 radical (unpaired) electrons. The van der Waals surface area contributed by atoms with E-state index in [9.17, 15) is 9.18 Å². The Bertz CT molecular complexity index is 1070. The number of aryl methyl sites for hydroxylation is 1. The van der Waals surface area contributed by atoms with E-state index < -0.39 is 5.82 Å². The van der Waals surface area contributed by atoms with Gasteiger partial charge in [0.2, 0.25) is 0 Å². The van der Waals surface area contributed by atoms with E-state index in [0.717, 1.165) is 17.7 Å². The summed E-state index contributed by atoms with van der Waals surface area (Å²) in [6.45, 7) is 8.33. The maximum absolute atomic E-state index is 14.3. The highest BCUT2D eigenvalue weighted by atomic mass is 35.5. The van der Waals surface area contributed by atoms with E-state index in [-0.39, 0.29) is 22.2 Å². The van der Waals surface area contributed by atoms with E-state index in [0.29, 0.717) is 23.4 Å². The minimum Gasteiger partial charge on any atom is -0.494 e. The first-order valence-corrected chi connectivity index (χ1v) is 9.38. The van der Waals surface area contributed by atoms with Crippen LogP contribution in [0.1, 0.15) is 44.4 Å². The third kappa shape index (κ3) is 3.12. The van der Waals surface area contributed by atoms with Gasteiger partial charge in [-0.25, -0.2) is 8.91 Å². The van der Waals surface area contributed by atoms with Crippen LogP contribution in [0, 0.1) is 12.7 Å². The van der Waals surface area contributed by atoms with Crippen LogP contribution in [0.2, 0.25) is 5.02 Å². The molecule has 0 aliphatic heterocycles. The van der Waals surface area contributed by atoms with Crippen LogP contribution in [0.25, 0.3) is 16.9 Å². The van der Waals surface area contributed by atoms with Crippen LogP contribution < -0.4 is 10.3 Å². The molecule has 3 rings (SSSR count). The minimum atomic E-state index is -0.557. The Kier molecular flexibility index (Phi) is 5.29. The van der Waals surface area contributed by atoms with Crippen molar-refractivity contribution >= 4 is 17.1 Å². The molecule has 0 saturated heterocycles. The summed E-state index contributed by atoms with van der Waals surface area (Å²) in [5.74, 6) is 0.0576. The second-order valence-corrected chi connectivity index (χ2v) is 7.06. The van der Waals surface area contributed by atoms with Gasteiger partial charge in [-0.15, -0.1) is 5.10 Å². The number of aromatic nitrogens is 3. The van der Waals surface area contributed by atoms with Crippen molar-refractivity contribution in [2.75, 3.05) is 7.11 Å². The van der Waals surface area contributed by atoms with Crippen LogP contribution in [-0.4, -0.2) is 21.3 Å². The van der Waals surface area contributed by atoms with Crippen molar-refractivity contribution in [3.8, 4) is 17.1 Å². The summed E-state index contributed by atoms with van der Waals surface area (Å²) in [5.41, 5.74) is 2.60. The molecule has 0 saturated carbocycles. The number of ether oxygens (including phenoxy) is 1. The van der Waals surface area contributed by atoms with E-state index in [4.69, 9.17) is 16.3 Å². The van der Waals surface area contributed by atoms with Crippen molar-refractivity contribution in [2.24, 2.45) is 0 Å². The van der Waals surface area contributed by atoms with Crippen LogP contribution in [-0.2, 0) is 6.54 Å². The Morgan fingerprint density at radius 1 is 1.30 bits per heavy atom. The first-order valence-electron chi connectivity index (χ1n) is 9.00. The van der Waals surface area contributed by atoms with Crippen LogP contribution in [0.5, 0.6) is 5.75 Å². The van der Waals surface area contributed by atoms with E-state index in [1.165, 1.54) is 23.8 Å². The molecule has 0 spiro atoms. The van der Waals surface area contributed by atoms with Gasteiger partial charge in [-0.05, 0) is 43.9 Å². The second-order valence-electron chi connectivity index (χ2n) is 6.65. The first kappa shape index (κ1) is 19.4. The van der Waals surface area contributed by atoms with E-state index in [1.807, 2.05) is 19.9 Å². The quantitative estimate of drug-likeness (QED) is 0.627. The third-order valence-electron chi connectivity index (χ3n) is 5.02. The summed E-state index contributed by atoms with van der Waals surface area (Å²) in [6, 6.07) is 4.66. The smallest absolute Gasteiger partial charge is 0.278 e. The molecule has 2 heterocycles. The standard InChI is InChI=1S/C20H23ClFN3O2/c1-6-11(3)13-8-12(4)25-18(13)20(26)24(7-2)19(23-25)14-9-16(22)17(27-5)10-15(14)21/h8-11H,6-7H2,1-5H3. The molecule has 3 aromatic rings. The number of hydrogen-bond donors (Lipinski definition) is 0. The predicted molar refractivity (Wildman–Crippen MR) is 106 cm³/mol. The van der Waals surface area contributed by atoms with Gasteiger partial charge in [-0.3, -0.25) is 9.36 Å². The van der Waals surface area contributed by atoms with Gasteiger partial charge in [0.25, 0.3) is 5.56 Å². The molecule has 0 fully saturated rings. The highest BCUT2D eigenvalue weighted by molar-refractivity contribution is 6.33. The number of nitrogens with zero attached hydrogens (tertiary/aromatic N) is 3. The summed E-state index contributed by atoms with van der Waals surface area (Å²) in [5, 5.41) is 4.93. The number of benzene rings is 1. The largest absolute Gasteiger partial charge is 0.494 e. The van der Waals surface area contributed by atoms with Crippen molar-refractivity contribution in [3.63, 3.8) is 0 Å². The molecule has 0 bridgehead atoms. The molecule has 0 N–H and O–H groups in total. The highest BCUT2D eigenvalue weighted by Crippen LogP contribution is 2.33. The van der Waals surface area contributed by atoms with Crippen LogP contribution in [0.4, 0.5) is 4.39 Å². The molecular weight excluding hydrogens is 369 g/mol. The average molecular weight is 392 g/mol. The first-order chi connectivity index (χ1) is 12.8. The zero-order valence-corrected chi connectivity index (χ0v) is 16.9. The summed E-state index contributed by atoms with van der Waals surface area (Å²) in [6.07, 6.45) is 0.919. The number of halogens is 2. The zero-order chi connectivity index (χ0) is 19.9. The lowest BCUT2D eigenvalue weighted by molar-refractivity contribution is 0.386. The molecule has 0 amide bonds. The van der Waals surface area contributed by atoms with Gasteiger partial charge >= 0.3 is 0 Å². The molecule has 1 aromatic carbocycles. The lowest BCUT2D eigenvalue weighted by Crippen LogP contribution is -2.26. The SMILES string of the molecule is CCC(C)c1cc(C)n2nc(-c3cc(F)c(OC)cc3Cl)n(CC)c(=O)c12. The molecular formula is C20H23ClFN3O2. The Labute approximate surface area is 162 Å². The van der Waals surface area contributed by atoms with Gasteiger partial charge in [0.05, 0.1) is 12.1 Å². The van der Waals surface area contributed by atoms with Crippen LogP contribution >= 0.6 is 11.6 Å². The monoisotopic (exact) mass is 391 g/mol. The van der Waals surface area contributed by atoms with E-state index in [2.05, 4.69) is 18.9 Å². The third-order valence-corrected chi connectivity index (χ3v) is 5.34. The van der Waals surface area contributed by atoms with Crippen molar-refractivity contribution in [3.05, 3.63) is 50.7 Å². The fourth-order valence-electron chi connectivity index (χ4n) is 3.31. The van der Waals surface area contributed by atoms with Gasteiger partial charge < -0.3 is 4.74 Å². The summed E-state index contributed by atoms with van der Waals surface area (Å²) >= 11 is 6.35. The predicted octanol–water partition coefficient (Wildman–Crippen LogP) is 4.81. The molecule has 2 aromatic heterocycles. The molecule has 5 nitrogen and oxygen atoms in total. The number of hydrogen-bond acceptors (Lipinski definition) is 3. The Hall–Kier alpha value is -2.34. The number of fused-ring (bicyclic) bond motifs is 1. The van der Waals surface area contributed by atoms with E-state index in [1.54, 1.807) is 4.52 Å². The Balaban J connectivity index is 2.38. The van der Waals surface area contributed by atoms with Gasteiger partial charge in [-0.2, -0.15) is 0 Å². The Morgan fingerprint density at radius 2 is 2.00 bits per heavy atom. The summed E-state index contributed by atoms with van der Waals surface area (Å²) in [7, 11) is 1.38. The lowest BCUT2D eigenvalue weighted by Gasteiger charge is -2.15. The average Bonchev–Trinajstić information content (AvgIpc) is 2.99. The van der Waals surface area contributed by atoms with Crippen molar-refractivity contribution in [2.45, 2.75) is 46.6 Å². The van der Waals surface area contributed by atoms with Gasteiger partial charge in [0, 0.05) is 23.9 Å². The topological polar surface area (TPSA) is 48.5 Å². The molecule has 0 aliphatic rings. The molecule has 0 aliphatic carbocycles. The normalized spacial score (nSPS) is 12.6. The molecule has 1 unspecified atom stereocenters. The summed E-state index contributed by atoms with van der Waals surface area (Å²) in [4.78, 5) is 13.3. The molecule has 144 valence electrons. The molecule has 27 heavy (non-hydrogen) atoms. The van der Waals surface area contributed by atoms with Gasteiger partial charge in [-0.1, -0.05) is 25.4 Å². The second kappa shape index (κ2) is 7.35. The summed E-state index contributed by atoms with van der Waals surface area (Å²) < 4.78 is 22.4. The highest BCUT2D eigenvalue weighted by Gasteiger charge is 2.22. The fraction of sp³-hybridized carbons (Fsp3) is 0.400. The molecule has 1 atom stereocenters. The van der Waals surface area contributed by atoms with E-state index >= 15 is 0 Å².